The zero-order valence-corrected chi connectivity index (χ0v) is 7.16. The number of carbonyl (C=O) groups is 1. The Balaban J connectivity index is 2.58. The minimum absolute atomic E-state index is 0.204. The van der Waals surface area contributed by atoms with Gasteiger partial charge in [0.1, 0.15) is 0 Å². The van der Waals surface area contributed by atoms with E-state index >= 15 is 0 Å². The summed E-state index contributed by atoms with van der Waals surface area (Å²) in [5.41, 5.74) is 0. The van der Waals surface area contributed by atoms with Crippen LogP contribution in [0.15, 0.2) is 0 Å². The zero-order valence-electron chi connectivity index (χ0n) is 6.35. The second-order valence-corrected chi connectivity index (χ2v) is 3.90. The molecule has 58 valence electrons. The third kappa shape index (κ3) is 1.35. The van der Waals surface area contributed by atoms with Crippen molar-refractivity contribution in [3.63, 3.8) is 0 Å². The molecule has 3 heteroatoms. The number of ether oxygens (including phenoxy) is 1. The Morgan fingerprint density at radius 1 is 1.80 bits per heavy atom. The molecule has 1 fully saturated rings. The minimum atomic E-state index is -0.519. The SMILES string of the molecule is CCC(=O)C1(C)OCCS1. The minimum Gasteiger partial charge on any atom is -0.356 e. The van der Waals surface area contributed by atoms with Crippen molar-refractivity contribution in [1.29, 1.82) is 0 Å². The molecule has 2 nitrogen and oxygen atoms in total. The van der Waals surface area contributed by atoms with Gasteiger partial charge in [0.15, 0.2) is 10.7 Å². The number of rotatable bonds is 2. The summed E-state index contributed by atoms with van der Waals surface area (Å²) in [7, 11) is 0. The standard InChI is InChI=1S/C7H12O2S/c1-3-6(8)7(2)9-4-5-10-7/h3-5H2,1-2H3. The van der Waals surface area contributed by atoms with Crippen molar-refractivity contribution in [3.05, 3.63) is 0 Å². The van der Waals surface area contributed by atoms with Crippen LogP contribution >= 0.6 is 11.8 Å². The molecular formula is C7H12O2S. The van der Waals surface area contributed by atoms with Gasteiger partial charge in [-0.3, -0.25) is 4.79 Å². The van der Waals surface area contributed by atoms with Crippen LogP contribution in [0.5, 0.6) is 0 Å². The fraction of sp³-hybridized carbons (Fsp3) is 0.857. The lowest BCUT2D eigenvalue weighted by atomic mass is 10.2. The van der Waals surface area contributed by atoms with Gasteiger partial charge in [-0.1, -0.05) is 6.92 Å². The van der Waals surface area contributed by atoms with Crippen molar-refractivity contribution < 1.29 is 9.53 Å². The first-order valence-corrected chi connectivity index (χ1v) is 4.49. The molecular weight excluding hydrogens is 148 g/mol. The average Bonchev–Trinajstić information content (AvgIpc) is 2.36. The van der Waals surface area contributed by atoms with Crippen LogP contribution < -0.4 is 0 Å². The molecule has 1 unspecified atom stereocenters. The highest BCUT2D eigenvalue weighted by Gasteiger charge is 2.36. The van der Waals surface area contributed by atoms with Crippen LogP contribution in [0.3, 0.4) is 0 Å². The summed E-state index contributed by atoms with van der Waals surface area (Å²) >= 11 is 1.61. The van der Waals surface area contributed by atoms with E-state index in [1.54, 1.807) is 11.8 Å². The Hall–Kier alpha value is -0.0200. The van der Waals surface area contributed by atoms with Gasteiger partial charge < -0.3 is 4.74 Å². The summed E-state index contributed by atoms with van der Waals surface area (Å²) in [6.45, 7) is 4.44. The predicted octanol–water partition coefficient (Wildman–Crippen LogP) is 1.45. The molecule has 0 saturated carbocycles. The number of hydrogen-bond acceptors (Lipinski definition) is 3. The van der Waals surface area contributed by atoms with Crippen LogP contribution in [-0.2, 0) is 9.53 Å². The van der Waals surface area contributed by atoms with E-state index in [-0.39, 0.29) is 5.78 Å². The molecule has 0 bridgehead atoms. The van der Waals surface area contributed by atoms with Gasteiger partial charge in [-0.15, -0.1) is 11.8 Å². The number of ketones is 1. The molecule has 0 amide bonds. The van der Waals surface area contributed by atoms with Gasteiger partial charge in [-0.25, -0.2) is 0 Å². The maximum absolute atomic E-state index is 11.2. The Labute approximate surface area is 65.3 Å². The molecule has 1 atom stereocenters. The Kier molecular flexibility index (Phi) is 2.36. The van der Waals surface area contributed by atoms with Gasteiger partial charge in [0.05, 0.1) is 6.61 Å². The normalized spacial score (nSPS) is 32.6. The van der Waals surface area contributed by atoms with Crippen molar-refractivity contribution in [3.8, 4) is 0 Å². The van der Waals surface area contributed by atoms with Crippen molar-refractivity contribution in [1.82, 2.24) is 0 Å². The molecule has 1 saturated heterocycles. The molecule has 0 spiro atoms. The second kappa shape index (κ2) is 2.93. The first kappa shape index (κ1) is 8.08. The first-order valence-electron chi connectivity index (χ1n) is 3.50. The molecule has 0 aromatic heterocycles. The Bertz CT molecular complexity index is 139. The molecule has 1 aliphatic rings. The highest BCUT2D eigenvalue weighted by molar-refractivity contribution is 8.01. The number of Topliss-reactive ketones (excluding diaryl/α,β-unsaturated/α-hetero) is 1. The Morgan fingerprint density at radius 3 is 2.90 bits per heavy atom. The summed E-state index contributed by atoms with van der Waals surface area (Å²) in [5.74, 6) is 1.15. The third-order valence-electron chi connectivity index (χ3n) is 1.67. The predicted molar refractivity (Wildman–Crippen MR) is 42.1 cm³/mol. The lowest BCUT2D eigenvalue weighted by molar-refractivity contribution is -0.130. The van der Waals surface area contributed by atoms with E-state index in [1.165, 1.54) is 0 Å². The molecule has 0 aliphatic carbocycles. The third-order valence-corrected chi connectivity index (χ3v) is 2.93. The molecule has 0 N–H and O–H groups in total. The monoisotopic (exact) mass is 160 g/mol. The number of carbonyl (C=O) groups excluding carboxylic acids is 1. The molecule has 0 aromatic rings. The highest BCUT2D eigenvalue weighted by Crippen LogP contribution is 2.33. The van der Waals surface area contributed by atoms with Gasteiger partial charge >= 0.3 is 0 Å². The van der Waals surface area contributed by atoms with Crippen molar-refractivity contribution >= 4 is 17.5 Å². The van der Waals surface area contributed by atoms with E-state index < -0.39 is 4.93 Å². The van der Waals surface area contributed by atoms with Crippen LogP contribution in [0, 0.1) is 0 Å². The maximum Gasteiger partial charge on any atom is 0.174 e. The maximum atomic E-state index is 11.2. The summed E-state index contributed by atoms with van der Waals surface area (Å²) in [6, 6.07) is 0. The van der Waals surface area contributed by atoms with Crippen LogP contribution in [0.2, 0.25) is 0 Å². The van der Waals surface area contributed by atoms with Gasteiger partial charge in [0.2, 0.25) is 0 Å². The summed E-state index contributed by atoms with van der Waals surface area (Å²) in [5, 5.41) is 0. The smallest absolute Gasteiger partial charge is 0.174 e. The van der Waals surface area contributed by atoms with E-state index in [4.69, 9.17) is 4.74 Å². The first-order chi connectivity index (χ1) is 4.69. The largest absolute Gasteiger partial charge is 0.356 e. The zero-order chi connectivity index (χ0) is 7.61. The number of thioether (sulfide) groups is 1. The van der Waals surface area contributed by atoms with Gasteiger partial charge in [0, 0.05) is 12.2 Å². The molecule has 1 rings (SSSR count). The molecule has 1 aliphatic heterocycles. The molecule has 10 heavy (non-hydrogen) atoms. The molecule has 0 aromatic carbocycles. The summed E-state index contributed by atoms with van der Waals surface area (Å²) in [6.07, 6.45) is 0.573. The second-order valence-electron chi connectivity index (χ2n) is 2.42. The van der Waals surface area contributed by atoms with E-state index in [1.807, 2.05) is 13.8 Å². The van der Waals surface area contributed by atoms with Crippen molar-refractivity contribution in [2.24, 2.45) is 0 Å². The highest BCUT2D eigenvalue weighted by atomic mass is 32.2. The fourth-order valence-corrected chi connectivity index (χ4v) is 2.02. The summed E-state index contributed by atoms with van der Waals surface area (Å²) < 4.78 is 5.31. The van der Waals surface area contributed by atoms with Crippen LogP contribution in [0.4, 0.5) is 0 Å². The molecule has 1 heterocycles. The van der Waals surface area contributed by atoms with Gasteiger partial charge in [-0.2, -0.15) is 0 Å². The lowest BCUT2D eigenvalue weighted by Crippen LogP contribution is -2.30. The fourth-order valence-electron chi connectivity index (χ4n) is 0.997. The van der Waals surface area contributed by atoms with Gasteiger partial charge in [-0.05, 0) is 6.92 Å². The number of hydrogen-bond donors (Lipinski definition) is 0. The van der Waals surface area contributed by atoms with Gasteiger partial charge in [0.25, 0.3) is 0 Å². The van der Waals surface area contributed by atoms with Crippen molar-refractivity contribution in [2.75, 3.05) is 12.4 Å². The van der Waals surface area contributed by atoms with Crippen LogP contribution in [0.1, 0.15) is 20.3 Å². The van der Waals surface area contributed by atoms with Crippen molar-refractivity contribution in [2.45, 2.75) is 25.2 Å². The van der Waals surface area contributed by atoms with E-state index in [2.05, 4.69) is 0 Å². The average molecular weight is 160 g/mol. The Morgan fingerprint density at radius 2 is 2.50 bits per heavy atom. The van der Waals surface area contributed by atoms with Crippen LogP contribution in [0.25, 0.3) is 0 Å². The van der Waals surface area contributed by atoms with E-state index in [9.17, 15) is 4.79 Å². The quantitative estimate of drug-likeness (QED) is 0.611. The summed E-state index contributed by atoms with van der Waals surface area (Å²) in [4.78, 5) is 10.7. The topological polar surface area (TPSA) is 26.3 Å². The van der Waals surface area contributed by atoms with E-state index in [0.717, 1.165) is 5.75 Å². The van der Waals surface area contributed by atoms with Crippen LogP contribution in [-0.4, -0.2) is 23.1 Å². The van der Waals surface area contributed by atoms with E-state index in [0.29, 0.717) is 13.0 Å². The molecule has 0 radical (unpaired) electrons. The lowest BCUT2D eigenvalue weighted by Gasteiger charge is -2.18.